The van der Waals surface area contributed by atoms with Crippen LogP contribution in [0.1, 0.15) is 10.4 Å². The molecule has 0 aliphatic rings. The van der Waals surface area contributed by atoms with Gasteiger partial charge in [-0.05, 0) is 42.5 Å². The molecule has 2 rings (SSSR count). The average molecular weight is 349 g/mol. The van der Waals surface area contributed by atoms with E-state index in [0.29, 0.717) is 35.2 Å². The standard InChI is InChI=1S/C17H17ClN2O4/c1-23-16(21)12-5-7-14(8-6-12)20-17(22)19-9-10-24-15-4-2-3-13(18)11-15/h2-8,11H,9-10H2,1H3,(H2,19,20,22). The van der Waals surface area contributed by atoms with E-state index in [0.717, 1.165) is 0 Å². The summed E-state index contributed by atoms with van der Waals surface area (Å²) >= 11 is 5.85. The molecule has 7 heteroatoms. The van der Waals surface area contributed by atoms with Crippen molar-refractivity contribution in [3.05, 3.63) is 59.1 Å². The summed E-state index contributed by atoms with van der Waals surface area (Å²) in [5.41, 5.74) is 0.981. The summed E-state index contributed by atoms with van der Waals surface area (Å²) in [5.74, 6) is 0.215. The van der Waals surface area contributed by atoms with Gasteiger partial charge in [-0.1, -0.05) is 17.7 Å². The molecule has 2 amide bonds. The van der Waals surface area contributed by atoms with Crippen LogP contribution in [-0.4, -0.2) is 32.3 Å². The molecule has 0 unspecified atom stereocenters. The van der Waals surface area contributed by atoms with Gasteiger partial charge >= 0.3 is 12.0 Å². The van der Waals surface area contributed by atoms with Gasteiger partial charge in [-0.3, -0.25) is 0 Å². The second-order valence-electron chi connectivity index (χ2n) is 4.76. The van der Waals surface area contributed by atoms with Crippen molar-refractivity contribution in [1.82, 2.24) is 5.32 Å². The minimum Gasteiger partial charge on any atom is -0.492 e. The van der Waals surface area contributed by atoms with Gasteiger partial charge in [0.2, 0.25) is 0 Å². The zero-order chi connectivity index (χ0) is 17.4. The van der Waals surface area contributed by atoms with Gasteiger partial charge in [-0.2, -0.15) is 0 Å². The first-order valence-corrected chi connectivity index (χ1v) is 7.58. The Morgan fingerprint density at radius 2 is 1.88 bits per heavy atom. The molecule has 0 aromatic heterocycles. The molecule has 0 bridgehead atoms. The number of esters is 1. The van der Waals surface area contributed by atoms with Crippen LogP contribution in [-0.2, 0) is 4.74 Å². The molecule has 0 aliphatic carbocycles. The number of carbonyl (C=O) groups is 2. The number of urea groups is 1. The number of rotatable bonds is 6. The lowest BCUT2D eigenvalue weighted by Gasteiger charge is -2.09. The second kappa shape index (κ2) is 8.79. The SMILES string of the molecule is COC(=O)c1ccc(NC(=O)NCCOc2cccc(Cl)c2)cc1. The van der Waals surface area contributed by atoms with E-state index in [-0.39, 0.29) is 6.03 Å². The summed E-state index contributed by atoms with van der Waals surface area (Å²) < 4.78 is 10.1. The molecule has 0 heterocycles. The molecule has 24 heavy (non-hydrogen) atoms. The van der Waals surface area contributed by atoms with Gasteiger partial charge in [-0.25, -0.2) is 9.59 Å². The van der Waals surface area contributed by atoms with Crippen LogP contribution in [0.4, 0.5) is 10.5 Å². The number of amides is 2. The van der Waals surface area contributed by atoms with Gasteiger partial charge in [0.25, 0.3) is 0 Å². The molecular formula is C17H17ClN2O4. The highest BCUT2D eigenvalue weighted by Crippen LogP contribution is 2.16. The number of hydrogen-bond donors (Lipinski definition) is 2. The van der Waals surface area contributed by atoms with E-state index in [9.17, 15) is 9.59 Å². The summed E-state index contributed by atoms with van der Waals surface area (Å²) in [6.45, 7) is 0.646. The van der Waals surface area contributed by atoms with Gasteiger partial charge in [0, 0.05) is 10.7 Å². The van der Waals surface area contributed by atoms with Gasteiger partial charge in [0.1, 0.15) is 12.4 Å². The summed E-state index contributed by atoms with van der Waals surface area (Å²) in [6, 6.07) is 13.0. The van der Waals surface area contributed by atoms with Crippen molar-refractivity contribution in [2.24, 2.45) is 0 Å². The van der Waals surface area contributed by atoms with E-state index in [1.807, 2.05) is 0 Å². The molecule has 126 valence electrons. The predicted octanol–water partition coefficient (Wildman–Crippen LogP) is 3.33. The van der Waals surface area contributed by atoms with Gasteiger partial charge in [0.05, 0.1) is 19.2 Å². The first-order valence-electron chi connectivity index (χ1n) is 7.20. The molecule has 2 N–H and O–H groups in total. The van der Waals surface area contributed by atoms with Crippen molar-refractivity contribution in [2.45, 2.75) is 0 Å². The zero-order valence-electron chi connectivity index (χ0n) is 13.0. The molecule has 0 fully saturated rings. The third-order valence-corrected chi connectivity index (χ3v) is 3.25. The Labute approximate surface area is 144 Å². The molecule has 0 saturated heterocycles. The number of nitrogens with one attached hydrogen (secondary N) is 2. The third kappa shape index (κ3) is 5.48. The van der Waals surface area contributed by atoms with E-state index < -0.39 is 5.97 Å². The Bertz CT molecular complexity index is 704. The van der Waals surface area contributed by atoms with Gasteiger partial charge < -0.3 is 20.1 Å². The monoisotopic (exact) mass is 348 g/mol. The minimum absolute atomic E-state index is 0.315. The summed E-state index contributed by atoms with van der Waals surface area (Å²) in [5, 5.41) is 5.91. The Kier molecular flexibility index (Phi) is 6.45. The quantitative estimate of drug-likeness (QED) is 0.620. The lowest BCUT2D eigenvalue weighted by molar-refractivity contribution is 0.0601. The maximum absolute atomic E-state index is 11.8. The van der Waals surface area contributed by atoms with Crippen LogP contribution in [0.25, 0.3) is 0 Å². The smallest absolute Gasteiger partial charge is 0.337 e. The highest BCUT2D eigenvalue weighted by Gasteiger charge is 2.06. The molecule has 0 aliphatic heterocycles. The van der Waals surface area contributed by atoms with Crippen LogP contribution in [0.2, 0.25) is 5.02 Å². The van der Waals surface area contributed by atoms with Crippen LogP contribution >= 0.6 is 11.6 Å². The van der Waals surface area contributed by atoms with Crippen molar-refractivity contribution in [3.63, 3.8) is 0 Å². The predicted molar refractivity (Wildman–Crippen MR) is 91.7 cm³/mol. The average Bonchev–Trinajstić information content (AvgIpc) is 2.59. The molecule has 6 nitrogen and oxygen atoms in total. The number of hydrogen-bond acceptors (Lipinski definition) is 4. The van der Waals surface area contributed by atoms with E-state index >= 15 is 0 Å². The number of halogens is 1. The highest BCUT2D eigenvalue weighted by atomic mass is 35.5. The van der Waals surface area contributed by atoms with Gasteiger partial charge in [-0.15, -0.1) is 0 Å². The fraction of sp³-hybridized carbons (Fsp3) is 0.176. The van der Waals surface area contributed by atoms with Crippen LogP contribution < -0.4 is 15.4 Å². The molecule has 0 spiro atoms. The number of carbonyl (C=O) groups excluding carboxylic acids is 2. The van der Waals surface area contributed by atoms with Crippen molar-refractivity contribution in [1.29, 1.82) is 0 Å². The molecule has 2 aromatic carbocycles. The number of methoxy groups -OCH3 is 1. The molecule has 0 saturated carbocycles. The van der Waals surface area contributed by atoms with Crippen molar-refractivity contribution >= 4 is 29.3 Å². The Balaban J connectivity index is 1.72. The highest BCUT2D eigenvalue weighted by molar-refractivity contribution is 6.30. The fourth-order valence-electron chi connectivity index (χ4n) is 1.87. The van der Waals surface area contributed by atoms with Gasteiger partial charge in [0.15, 0.2) is 0 Å². The van der Waals surface area contributed by atoms with Crippen LogP contribution in [0, 0.1) is 0 Å². The maximum atomic E-state index is 11.8. The van der Waals surface area contributed by atoms with Crippen LogP contribution in [0.3, 0.4) is 0 Å². The second-order valence-corrected chi connectivity index (χ2v) is 5.19. The topological polar surface area (TPSA) is 76.7 Å². The maximum Gasteiger partial charge on any atom is 0.337 e. The molecule has 2 aromatic rings. The Morgan fingerprint density at radius 1 is 1.12 bits per heavy atom. The van der Waals surface area contributed by atoms with E-state index in [2.05, 4.69) is 15.4 Å². The fourth-order valence-corrected chi connectivity index (χ4v) is 2.05. The first-order chi connectivity index (χ1) is 11.6. The number of ether oxygens (including phenoxy) is 2. The van der Waals surface area contributed by atoms with E-state index in [1.165, 1.54) is 7.11 Å². The van der Waals surface area contributed by atoms with Crippen molar-refractivity contribution < 1.29 is 19.1 Å². The Hall–Kier alpha value is -2.73. The zero-order valence-corrected chi connectivity index (χ0v) is 13.8. The van der Waals surface area contributed by atoms with Crippen molar-refractivity contribution in [2.75, 3.05) is 25.6 Å². The Morgan fingerprint density at radius 3 is 2.54 bits per heavy atom. The third-order valence-electron chi connectivity index (χ3n) is 3.02. The summed E-state index contributed by atoms with van der Waals surface area (Å²) in [4.78, 5) is 23.1. The van der Waals surface area contributed by atoms with E-state index in [1.54, 1.807) is 48.5 Å². The van der Waals surface area contributed by atoms with Crippen LogP contribution in [0.15, 0.2) is 48.5 Å². The van der Waals surface area contributed by atoms with E-state index in [4.69, 9.17) is 16.3 Å². The lowest BCUT2D eigenvalue weighted by Crippen LogP contribution is -2.32. The molecule has 0 atom stereocenters. The molecule has 0 radical (unpaired) electrons. The first kappa shape index (κ1) is 17.6. The summed E-state index contributed by atoms with van der Waals surface area (Å²) in [6.07, 6.45) is 0. The lowest BCUT2D eigenvalue weighted by atomic mass is 10.2. The largest absolute Gasteiger partial charge is 0.492 e. The number of anilines is 1. The van der Waals surface area contributed by atoms with Crippen molar-refractivity contribution in [3.8, 4) is 5.75 Å². The minimum atomic E-state index is -0.427. The number of benzene rings is 2. The molecular weight excluding hydrogens is 332 g/mol. The van der Waals surface area contributed by atoms with Crippen LogP contribution in [0.5, 0.6) is 5.75 Å². The normalized spacial score (nSPS) is 9.92. The summed E-state index contributed by atoms with van der Waals surface area (Å²) in [7, 11) is 1.31.